The maximum atomic E-state index is 5.53. The van der Waals surface area contributed by atoms with Crippen molar-refractivity contribution in [2.24, 2.45) is 0 Å². The average Bonchev–Trinajstić information content (AvgIpc) is 3.36. The van der Waals surface area contributed by atoms with Crippen LogP contribution in [0.4, 0.5) is 11.4 Å². The molecule has 1 aliphatic rings. The number of nitrogens with zero attached hydrogens (tertiary/aromatic N) is 1. The number of ether oxygens (including phenoxy) is 2. The van der Waals surface area contributed by atoms with Gasteiger partial charge in [0, 0.05) is 22.7 Å². The van der Waals surface area contributed by atoms with E-state index in [0.29, 0.717) is 0 Å². The van der Waals surface area contributed by atoms with E-state index < -0.39 is 0 Å². The number of hydrogen-bond acceptors (Lipinski definition) is 3. The standard InChI is InChI=1S/C25H20BNO.C19H16.C7H7O.C7H7.Zn/c1-28-21-13-9-10-19(18-21)26-24-16-7-5-14-22(24)23-15-6-8-17-25(23)27(26)20-11-3-2-4-12-20;1-3-9-16(10-4-1)15-18-13-7-8-14-19(18)17-11-5-2-6-12-17;1-8-7-5-3-2-4-6-7;1-7-5-3-2-4-6-7;/h2-18H,1H3;1-14H,15H2;2-3,5-6H,1H3;2-3,5-6H,1H3;/q;;2*-1;+2. The molecule has 0 N–H and O–H groups in total. The average molecular weight is 869 g/mol. The zero-order valence-corrected chi connectivity index (χ0v) is 39.2. The minimum atomic E-state index is 0. The SMILES string of the molecule is COc1c[c-]ccc1.COc1cccc(B2c3ccccc3-c3ccccc3N2c2ccccc2)c1.Cc1c[c-]ccc1.[Zn+2].c1ccc(Cc2ccccc2-c2ccccc2)cc1. The van der Waals surface area contributed by atoms with Gasteiger partial charge in [-0.25, -0.2) is 0 Å². The van der Waals surface area contributed by atoms with Crippen LogP contribution in [0, 0.1) is 19.1 Å². The van der Waals surface area contributed by atoms with Crippen LogP contribution in [0.15, 0.2) is 237 Å². The second kappa shape index (κ2) is 23.9. The van der Waals surface area contributed by atoms with Crippen molar-refractivity contribution in [1.29, 1.82) is 0 Å². The smallest absolute Gasteiger partial charge is 0.554 e. The second-order valence-corrected chi connectivity index (χ2v) is 14.7. The molecule has 0 radical (unpaired) electrons. The summed E-state index contributed by atoms with van der Waals surface area (Å²) in [4.78, 5) is 2.44. The van der Waals surface area contributed by atoms with Gasteiger partial charge in [0.15, 0.2) is 0 Å². The first kappa shape index (κ1) is 45.6. The van der Waals surface area contributed by atoms with E-state index in [4.69, 9.17) is 9.47 Å². The van der Waals surface area contributed by atoms with E-state index in [-0.39, 0.29) is 26.3 Å². The molecule has 9 aromatic rings. The summed E-state index contributed by atoms with van der Waals surface area (Å²) in [6, 6.07) is 87.4. The van der Waals surface area contributed by atoms with Gasteiger partial charge in [0.25, 0.3) is 0 Å². The van der Waals surface area contributed by atoms with Crippen LogP contribution < -0.4 is 25.2 Å². The van der Waals surface area contributed by atoms with Crippen molar-refractivity contribution >= 4 is 29.1 Å². The normalized spacial score (nSPS) is 10.7. The van der Waals surface area contributed by atoms with Crippen molar-refractivity contribution < 1.29 is 29.0 Å². The molecule has 0 atom stereocenters. The van der Waals surface area contributed by atoms with E-state index in [0.717, 1.165) is 17.9 Å². The van der Waals surface area contributed by atoms with Crippen LogP contribution in [0.1, 0.15) is 16.7 Å². The molecule has 304 valence electrons. The molecule has 0 aromatic heterocycles. The van der Waals surface area contributed by atoms with Gasteiger partial charge in [-0.1, -0.05) is 165 Å². The number of benzene rings is 9. The summed E-state index contributed by atoms with van der Waals surface area (Å²) in [5.41, 5.74) is 14.1. The maximum absolute atomic E-state index is 5.53. The summed E-state index contributed by atoms with van der Waals surface area (Å²) in [5.74, 6) is 1.73. The van der Waals surface area contributed by atoms with E-state index in [2.05, 4.69) is 212 Å². The molecule has 5 heteroatoms. The van der Waals surface area contributed by atoms with Crippen molar-refractivity contribution in [3.05, 3.63) is 265 Å². The van der Waals surface area contributed by atoms with Gasteiger partial charge >= 0.3 is 26.3 Å². The fourth-order valence-corrected chi connectivity index (χ4v) is 7.56. The first-order valence-corrected chi connectivity index (χ1v) is 20.9. The van der Waals surface area contributed by atoms with Crippen LogP contribution in [0.2, 0.25) is 0 Å². The third-order valence-corrected chi connectivity index (χ3v) is 10.5. The monoisotopic (exact) mass is 867 g/mol. The van der Waals surface area contributed by atoms with E-state index in [1.165, 1.54) is 61.2 Å². The molecule has 1 heterocycles. The Hall–Kier alpha value is -6.93. The molecule has 0 fully saturated rings. The van der Waals surface area contributed by atoms with Gasteiger partial charge in [0.2, 0.25) is 0 Å². The first-order valence-electron chi connectivity index (χ1n) is 20.9. The van der Waals surface area contributed by atoms with Crippen LogP contribution >= 0.6 is 0 Å². The van der Waals surface area contributed by atoms with Crippen molar-refractivity contribution in [3.63, 3.8) is 0 Å². The molecular formula is C58H50BNO2Zn. The minimum absolute atomic E-state index is 0. The molecule has 9 aromatic carbocycles. The predicted octanol–water partition coefficient (Wildman–Crippen LogP) is 12.9. The summed E-state index contributed by atoms with van der Waals surface area (Å²) in [6.45, 7) is 2.12. The van der Waals surface area contributed by atoms with Gasteiger partial charge in [-0.3, -0.25) is 0 Å². The zero-order valence-electron chi connectivity index (χ0n) is 36.3. The molecule has 0 bridgehead atoms. The number of fused-ring (bicyclic) bond motifs is 3. The van der Waals surface area contributed by atoms with Crippen LogP contribution in [0.5, 0.6) is 11.5 Å². The Balaban J connectivity index is 0.000000161. The van der Waals surface area contributed by atoms with Crippen LogP contribution in [-0.2, 0) is 25.9 Å². The van der Waals surface area contributed by atoms with Crippen molar-refractivity contribution in [2.75, 3.05) is 19.0 Å². The van der Waals surface area contributed by atoms with Gasteiger partial charge in [-0.05, 0) is 75.5 Å². The van der Waals surface area contributed by atoms with E-state index >= 15 is 0 Å². The first-order chi connectivity index (χ1) is 30.6. The molecule has 63 heavy (non-hydrogen) atoms. The van der Waals surface area contributed by atoms with Gasteiger partial charge < -0.3 is 14.3 Å². The van der Waals surface area contributed by atoms with Gasteiger partial charge in [-0.15, -0.1) is 12.1 Å². The Labute approximate surface area is 387 Å². The number of hydrogen-bond donors (Lipinski definition) is 0. The third-order valence-electron chi connectivity index (χ3n) is 10.5. The molecule has 3 nitrogen and oxygen atoms in total. The van der Waals surface area contributed by atoms with Crippen LogP contribution in [-0.4, -0.2) is 21.1 Å². The van der Waals surface area contributed by atoms with Gasteiger partial charge in [0.1, 0.15) is 5.75 Å². The molecule has 1 aliphatic heterocycles. The quantitative estimate of drug-likeness (QED) is 0.118. The summed E-state index contributed by atoms with van der Waals surface area (Å²) in [7, 11) is 3.36. The van der Waals surface area contributed by atoms with Gasteiger partial charge in [0.05, 0.1) is 14.2 Å². The Kier molecular flexibility index (Phi) is 17.3. The number of para-hydroxylation sites is 2. The van der Waals surface area contributed by atoms with E-state index in [1.54, 1.807) is 20.3 Å². The number of rotatable bonds is 7. The Morgan fingerprint density at radius 2 is 1.06 bits per heavy atom. The number of anilines is 2. The fourth-order valence-electron chi connectivity index (χ4n) is 7.56. The molecular weight excluding hydrogens is 819 g/mol. The van der Waals surface area contributed by atoms with Gasteiger partial charge in [-0.2, -0.15) is 54.1 Å². The largest absolute Gasteiger partial charge is 2.00 e. The fraction of sp³-hybridized carbons (Fsp3) is 0.0690. The minimum Gasteiger partial charge on any atom is -0.554 e. The molecule has 0 spiro atoms. The van der Waals surface area contributed by atoms with Crippen molar-refractivity contribution in [1.82, 2.24) is 0 Å². The molecule has 10 rings (SSSR count). The van der Waals surface area contributed by atoms with Crippen molar-refractivity contribution in [3.8, 4) is 33.8 Å². The third kappa shape index (κ3) is 12.3. The molecule has 0 unspecified atom stereocenters. The van der Waals surface area contributed by atoms with E-state index in [9.17, 15) is 0 Å². The second-order valence-electron chi connectivity index (χ2n) is 14.7. The summed E-state index contributed by atoms with van der Waals surface area (Å²) in [5, 5.41) is 0. The molecule has 0 amide bonds. The van der Waals surface area contributed by atoms with Crippen LogP contribution in [0.3, 0.4) is 0 Å². The maximum Gasteiger partial charge on any atom is 2.00 e. The molecule has 0 saturated heterocycles. The Morgan fingerprint density at radius 3 is 1.68 bits per heavy atom. The van der Waals surface area contributed by atoms with E-state index in [1.807, 2.05) is 42.5 Å². The zero-order chi connectivity index (χ0) is 42.8. The molecule has 0 saturated carbocycles. The summed E-state index contributed by atoms with van der Waals surface area (Å²) >= 11 is 0. The predicted molar refractivity (Wildman–Crippen MR) is 261 cm³/mol. The Bertz CT molecular complexity index is 2700. The van der Waals surface area contributed by atoms with Crippen LogP contribution in [0.25, 0.3) is 22.3 Å². The van der Waals surface area contributed by atoms with Crippen molar-refractivity contribution in [2.45, 2.75) is 13.3 Å². The molecule has 0 aliphatic carbocycles. The number of methoxy groups -OCH3 is 2. The Morgan fingerprint density at radius 1 is 0.492 bits per heavy atom. The topological polar surface area (TPSA) is 21.7 Å². The number of aryl methyl sites for hydroxylation is 1. The summed E-state index contributed by atoms with van der Waals surface area (Å²) in [6.07, 6.45) is 0.978. The summed E-state index contributed by atoms with van der Waals surface area (Å²) < 4.78 is 10.4.